The van der Waals surface area contributed by atoms with E-state index in [1.807, 2.05) is 39.0 Å². The molecule has 0 saturated heterocycles. The van der Waals surface area contributed by atoms with Crippen molar-refractivity contribution in [2.75, 3.05) is 0 Å². The van der Waals surface area contributed by atoms with Crippen molar-refractivity contribution in [2.24, 2.45) is 10.7 Å². The molecule has 0 bridgehead atoms. The summed E-state index contributed by atoms with van der Waals surface area (Å²) in [5.74, 6) is 0.707. The second-order valence-corrected chi connectivity index (χ2v) is 3.58. The van der Waals surface area contributed by atoms with Crippen molar-refractivity contribution in [2.45, 2.75) is 33.8 Å². The van der Waals surface area contributed by atoms with Gasteiger partial charge in [-0.1, -0.05) is 32.0 Å². The molecule has 92 valence electrons. The molecule has 0 aliphatic carbocycles. The molecule has 0 saturated carbocycles. The van der Waals surface area contributed by atoms with Gasteiger partial charge in [0.05, 0.1) is 5.84 Å². The number of para-hydroxylation sites is 1. The van der Waals surface area contributed by atoms with E-state index in [4.69, 9.17) is 10.5 Å². The molecular formula is C13H18N2O2. The normalized spacial score (nSPS) is 16.9. The van der Waals surface area contributed by atoms with Gasteiger partial charge >= 0.3 is 0 Å². The average Bonchev–Trinajstić information content (AvgIpc) is 2.23. The maximum absolute atomic E-state index is 11.5. The number of rotatable bonds is 1. The maximum atomic E-state index is 11.5. The second kappa shape index (κ2) is 5.48. The van der Waals surface area contributed by atoms with Crippen molar-refractivity contribution in [3.8, 4) is 5.75 Å². The summed E-state index contributed by atoms with van der Waals surface area (Å²) >= 11 is 0. The zero-order valence-electron chi connectivity index (χ0n) is 10.7. The SMILES string of the molecule is CC.CC(N)=NC(=O)C1Oc2c(C)cccc21. The van der Waals surface area contributed by atoms with Crippen LogP contribution in [0, 0.1) is 6.92 Å². The van der Waals surface area contributed by atoms with E-state index in [9.17, 15) is 4.79 Å². The molecule has 0 spiro atoms. The standard InChI is InChI=1S/C11H12N2O2.C2H6/c1-6-4-3-5-8-9(6)15-10(8)11(14)13-7(2)12;1-2/h3-5,10H,1-2H3,(H2,12,13,14);1-2H3. The number of aliphatic imine (C=N–C) groups is 1. The van der Waals surface area contributed by atoms with E-state index in [2.05, 4.69) is 4.99 Å². The van der Waals surface area contributed by atoms with Crippen LogP contribution in [-0.2, 0) is 4.79 Å². The Hall–Kier alpha value is -1.84. The number of hydrogen-bond acceptors (Lipinski definition) is 2. The van der Waals surface area contributed by atoms with Gasteiger partial charge in [-0.3, -0.25) is 4.79 Å². The highest BCUT2D eigenvalue weighted by atomic mass is 16.5. The van der Waals surface area contributed by atoms with Crippen molar-refractivity contribution < 1.29 is 9.53 Å². The first-order valence-corrected chi connectivity index (χ1v) is 5.70. The minimum absolute atomic E-state index is 0.254. The van der Waals surface area contributed by atoms with E-state index >= 15 is 0 Å². The summed E-state index contributed by atoms with van der Waals surface area (Å²) in [6.07, 6.45) is -0.571. The highest BCUT2D eigenvalue weighted by Crippen LogP contribution is 2.41. The molecule has 1 amide bonds. The summed E-state index contributed by atoms with van der Waals surface area (Å²) < 4.78 is 5.37. The third-order valence-electron chi connectivity index (χ3n) is 2.27. The van der Waals surface area contributed by atoms with Crippen LogP contribution in [0.1, 0.15) is 38.0 Å². The zero-order valence-corrected chi connectivity index (χ0v) is 10.7. The number of fused-ring (bicyclic) bond motifs is 1. The van der Waals surface area contributed by atoms with E-state index in [1.54, 1.807) is 6.92 Å². The highest BCUT2D eigenvalue weighted by molar-refractivity contribution is 5.96. The maximum Gasteiger partial charge on any atom is 0.293 e. The number of benzene rings is 1. The molecule has 1 heterocycles. The first-order chi connectivity index (χ1) is 8.09. The molecule has 1 atom stereocenters. The number of amides is 1. The van der Waals surface area contributed by atoms with Crippen molar-refractivity contribution in [1.82, 2.24) is 0 Å². The summed E-state index contributed by atoms with van der Waals surface area (Å²) in [6.45, 7) is 7.52. The second-order valence-electron chi connectivity index (χ2n) is 3.58. The van der Waals surface area contributed by atoms with Crippen molar-refractivity contribution >= 4 is 11.7 Å². The van der Waals surface area contributed by atoms with Crippen LogP contribution in [0.3, 0.4) is 0 Å². The van der Waals surface area contributed by atoms with E-state index in [1.165, 1.54) is 0 Å². The first-order valence-electron chi connectivity index (χ1n) is 5.70. The molecule has 1 aromatic rings. The number of amidine groups is 1. The Balaban J connectivity index is 0.000000686. The van der Waals surface area contributed by atoms with E-state index in [0.29, 0.717) is 0 Å². The van der Waals surface area contributed by atoms with Crippen LogP contribution in [0.2, 0.25) is 0 Å². The van der Waals surface area contributed by atoms with E-state index in [0.717, 1.165) is 16.9 Å². The Bertz CT molecular complexity index is 449. The van der Waals surface area contributed by atoms with Crippen molar-refractivity contribution in [3.05, 3.63) is 29.3 Å². The van der Waals surface area contributed by atoms with Gasteiger partial charge in [0.15, 0.2) is 0 Å². The number of hydrogen-bond donors (Lipinski definition) is 1. The Morgan fingerprint density at radius 3 is 2.65 bits per heavy atom. The fourth-order valence-electron chi connectivity index (χ4n) is 1.58. The largest absolute Gasteiger partial charge is 0.475 e. The molecule has 1 aromatic carbocycles. The van der Waals surface area contributed by atoms with Crippen LogP contribution in [0.5, 0.6) is 5.75 Å². The van der Waals surface area contributed by atoms with Gasteiger partial charge in [0, 0.05) is 5.56 Å². The smallest absolute Gasteiger partial charge is 0.293 e. The Morgan fingerprint density at radius 2 is 2.06 bits per heavy atom. The van der Waals surface area contributed by atoms with Gasteiger partial charge in [-0.05, 0) is 19.4 Å². The topological polar surface area (TPSA) is 64.7 Å². The zero-order chi connectivity index (χ0) is 13.0. The molecule has 0 radical (unpaired) electrons. The number of carbonyl (C=O) groups is 1. The lowest BCUT2D eigenvalue weighted by Crippen LogP contribution is -2.28. The molecule has 4 heteroatoms. The van der Waals surface area contributed by atoms with E-state index in [-0.39, 0.29) is 11.7 Å². The van der Waals surface area contributed by atoms with Gasteiger partial charge in [0.25, 0.3) is 5.91 Å². The van der Waals surface area contributed by atoms with Crippen LogP contribution < -0.4 is 10.5 Å². The lowest BCUT2D eigenvalue weighted by Gasteiger charge is -2.29. The summed E-state index contributed by atoms with van der Waals surface area (Å²) in [5.41, 5.74) is 7.26. The molecule has 4 nitrogen and oxygen atoms in total. The summed E-state index contributed by atoms with van der Waals surface area (Å²) in [5, 5.41) is 0. The highest BCUT2D eigenvalue weighted by Gasteiger charge is 2.35. The van der Waals surface area contributed by atoms with Crippen LogP contribution in [0.4, 0.5) is 0 Å². The van der Waals surface area contributed by atoms with Crippen LogP contribution in [0.25, 0.3) is 0 Å². The van der Waals surface area contributed by atoms with Gasteiger partial charge in [-0.2, -0.15) is 4.99 Å². The van der Waals surface area contributed by atoms with Crippen molar-refractivity contribution in [1.29, 1.82) is 0 Å². The predicted octanol–water partition coefficient (Wildman–Crippen LogP) is 2.36. The predicted molar refractivity (Wildman–Crippen MR) is 68.2 cm³/mol. The minimum Gasteiger partial charge on any atom is -0.475 e. The van der Waals surface area contributed by atoms with Gasteiger partial charge in [0.1, 0.15) is 5.75 Å². The minimum atomic E-state index is -0.571. The van der Waals surface area contributed by atoms with Crippen LogP contribution >= 0.6 is 0 Å². The lowest BCUT2D eigenvalue weighted by molar-refractivity contribution is -0.126. The molecule has 2 rings (SSSR count). The number of nitrogens with zero attached hydrogens (tertiary/aromatic N) is 1. The molecule has 1 aliphatic heterocycles. The fraction of sp³-hybridized carbons (Fsp3) is 0.385. The number of carbonyl (C=O) groups excluding carboxylic acids is 1. The van der Waals surface area contributed by atoms with Gasteiger partial charge in [0.2, 0.25) is 6.10 Å². The third kappa shape index (κ3) is 2.64. The Labute approximate surface area is 101 Å². The Morgan fingerprint density at radius 1 is 1.41 bits per heavy atom. The monoisotopic (exact) mass is 234 g/mol. The van der Waals surface area contributed by atoms with Gasteiger partial charge in [-0.25, -0.2) is 0 Å². The molecular weight excluding hydrogens is 216 g/mol. The van der Waals surface area contributed by atoms with Gasteiger partial charge < -0.3 is 10.5 Å². The van der Waals surface area contributed by atoms with Crippen LogP contribution in [0.15, 0.2) is 23.2 Å². The summed E-state index contributed by atoms with van der Waals surface area (Å²) in [7, 11) is 0. The van der Waals surface area contributed by atoms with Crippen LogP contribution in [-0.4, -0.2) is 11.7 Å². The lowest BCUT2D eigenvalue weighted by atomic mass is 9.99. The number of ether oxygens (including phenoxy) is 1. The quantitative estimate of drug-likeness (QED) is 0.599. The third-order valence-corrected chi connectivity index (χ3v) is 2.27. The van der Waals surface area contributed by atoms with Crippen molar-refractivity contribution in [3.63, 3.8) is 0 Å². The summed E-state index contributed by atoms with van der Waals surface area (Å²) in [6, 6.07) is 5.71. The number of nitrogens with two attached hydrogens (primary N) is 1. The number of aryl methyl sites for hydroxylation is 1. The first kappa shape index (κ1) is 13.2. The van der Waals surface area contributed by atoms with Gasteiger partial charge in [-0.15, -0.1) is 0 Å². The molecule has 2 N–H and O–H groups in total. The molecule has 0 aromatic heterocycles. The molecule has 0 fully saturated rings. The molecule has 17 heavy (non-hydrogen) atoms. The van der Waals surface area contributed by atoms with E-state index < -0.39 is 6.10 Å². The molecule has 1 unspecified atom stereocenters. The fourth-order valence-corrected chi connectivity index (χ4v) is 1.58. The average molecular weight is 234 g/mol. The Kier molecular flexibility index (Phi) is 4.26. The summed E-state index contributed by atoms with van der Waals surface area (Å²) in [4.78, 5) is 15.2. The molecule has 1 aliphatic rings.